The lowest BCUT2D eigenvalue weighted by Crippen LogP contribution is -2.25. The van der Waals surface area contributed by atoms with Crippen LogP contribution in [0.2, 0.25) is 0 Å². The topological polar surface area (TPSA) is 3.24 Å². The molecule has 1 aliphatic heterocycles. The van der Waals surface area contributed by atoms with Crippen molar-refractivity contribution in [2.45, 2.75) is 20.4 Å². The molecule has 0 bridgehead atoms. The standard InChI is InChI=1S/C14H19N/c1-14(2)12-9-15(10-13(12)14)8-11-6-4-3-5-7-11/h3-7,12-13H,8-10H2,1-2H3. The predicted molar refractivity (Wildman–Crippen MR) is 62.5 cm³/mol. The van der Waals surface area contributed by atoms with Gasteiger partial charge < -0.3 is 0 Å². The molecule has 0 spiro atoms. The Hall–Kier alpha value is -0.820. The number of hydrogen-bond acceptors (Lipinski definition) is 1. The van der Waals surface area contributed by atoms with Crippen LogP contribution >= 0.6 is 0 Å². The molecular formula is C14H19N. The molecule has 0 N–H and O–H groups in total. The number of fused-ring (bicyclic) bond motifs is 1. The molecule has 2 unspecified atom stereocenters. The number of piperidine rings is 1. The molecule has 15 heavy (non-hydrogen) atoms. The zero-order valence-corrected chi connectivity index (χ0v) is 9.61. The molecular weight excluding hydrogens is 182 g/mol. The average molecular weight is 201 g/mol. The molecule has 1 saturated carbocycles. The molecule has 1 nitrogen and oxygen atoms in total. The van der Waals surface area contributed by atoms with Crippen LogP contribution < -0.4 is 0 Å². The number of likely N-dealkylation sites (tertiary alicyclic amines) is 1. The molecule has 1 heteroatoms. The summed E-state index contributed by atoms with van der Waals surface area (Å²) in [5, 5.41) is 0. The fourth-order valence-corrected chi connectivity index (χ4v) is 3.18. The van der Waals surface area contributed by atoms with Gasteiger partial charge in [-0.15, -0.1) is 0 Å². The van der Waals surface area contributed by atoms with E-state index in [-0.39, 0.29) is 0 Å². The van der Waals surface area contributed by atoms with Crippen LogP contribution in [0.25, 0.3) is 0 Å². The molecule has 1 aromatic carbocycles. The van der Waals surface area contributed by atoms with E-state index in [1.54, 1.807) is 0 Å². The summed E-state index contributed by atoms with van der Waals surface area (Å²) in [6.45, 7) is 8.60. The first-order chi connectivity index (χ1) is 7.18. The SMILES string of the molecule is CC1(C)C2CN(Cc3ccccc3)CC21. The Morgan fingerprint density at radius 3 is 2.33 bits per heavy atom. The Morgan fingerprint density at radius 2 is 1.73 bits per heavy atom. The Bertz CT molecular complexity index is 341. The van der Waals surface area contributed by atoms with Gasteiger partial charge in [-0.2, -0.15) is 0 Å². The summed E-state index contributed by atoms with van der Waals surface area (Å²) in [6, 6.07) is 10.8. The summed E-state index contributed by atoms with van der Waals surface area (Å²) < 4.78 is 0. The normalized spacial score (nSPS) is 32.7. The minimum atomic E-state index is 0.646. The van der Waals surface area contributed by atoms with Gasteiger partial charge >= 0.3 is 0 Å². The zero-order chi connectivity index (χ0) is 10.5. The van der Waals surface area contributed by atoms with Crippen LogP contribution in [0.4, 0.5) is 0 Å². The molecule has 0 amide bonds. The summed E-state index contributed by atoms with van der Waals surface area (Å²) >= 11 is 0. The van der Waals surface area contributed by atoms with E-state index in [0.717, 1.165) is 18.4 Å². The Labute approximate surface area is 92.1 Å². The molecule has 2 fully saturated rings. The fraction of sp³-hybridized carbons (Fsp3) is 0.571. The minimum absolute atomic E-state index is 0.646. The van der Waals surface area contributed by atoms with E-state index in [1.165, 1.54) is 18.7 Å². The van der Waals surface area contributed by atoms with Gasteiger partial charge in [0, 0.05) is 19.6 Å². The van der Waals surface area contributed by atoms with Crippen molar-refractivity contribution in [2.75, 3.05) is 13.1 Å². The van der Waals surface area contributed by atoms with Crippen LogP contribution in [-0.4, -0.2) is 18.0 Å². The van der Waals surface area contributed by atoms with Gasteiger partial charge in [0.1, 0.15) is 0 Å². The largest absolute Gasteiger partial charge is 0.298 e. The van der Waals surface area contributed by atoms with Crippen molar-refractivity contribution >= 4 is 0 Å². The lowest BCUT2D eigenvalue weighted by Gasteiger charge is -2.21. The molecule has 1 saturated heterocycles. The van der Waals surface area contributed by atoms with Crippen molar-refractivity contribution in [3.63, 3.8) is 0 Å². The third-order valence-electron chi connectivity index (χ3n) is 4.45. The second kappa shape index (κ2) is 3.08. The van der Waals surface area contributed by atoms with E-state index in [2.05, 4.69) is 49.1 Å². The van der Waals surface area contributed by atoms with Crippen molar-refractivity contribution < 1.29 is 0 Å². The molecule has 0 aromatic heterocycles. The van der Waals surface area contributed by atoms with Crippen molar-refractivity contribution in [1.82, 2.24) is 4.90 Å². The van der Waals surface area contributed by atoms with E-state index in [0.29, 0.717) is 5.41 Å². The number of nitrogens with zero attached hydrogens (tertiary/aromatic N) is 1. The Morgan fingerprint density at radius 1 is 1.13 bits per heavy atom. The summed E-state index contributed by atoms with van der Waals surface area (Å²) in [5.41, 5.74) is 2.10. The number of rotatable bonds is 2. The van der Waals surface area contributed by atoms with Crippen molar-refractivity contribution in [3.8, 4) is 0 Å². The van der Waals surface area contributed by atoms with Crippen molar-refractivity contribution in [1.29, 1.82) is 0 Å². The maximum Gasteiger partial charge on any atom is 0.0233 e. The molecule has 0 radical (unpaired) electrons. The first kappa shape index (κ1) is 9.41. The average Bonchev–Trinajstić information content (AvgIpc) is 2.64. The van der Waals surface area contributed by atoms with Crippen molar-refractivity contribution in [2.24, 2.45) is 17.3 Å². The van der Waals surface area contributed by atoms with E-state index in [4.69, 9.17) is 0 Å². The van der Waals surface area contributed by atoms with Crippen LogP contribution in [0.5, 0.6) is 0 Å². The first-order valence-corrected chi connectivity index (χ1v) is 5.94. The molecule has 2 aliphatic rings. The Balaban J connectivity index is 1.61. The molecule has 3 rings (SSSR count). The van der Waals surface area contributed by atoms with Crippen molar-refractivity contribution in [3.05, 3.63) is 35.9 Å². The van der Waals surface area contributed by atoms with Gasteiger partial charge in [-0.05, 0) is 22.8 Å². The highest BCUT2D eigenvalue weighted by molar-refractivity contribution is 5.17. The second-order valence-corrected chi connectivity index (χ2v) is 5.71. The Kier molecular flexibility index (Phi) is 1.93. The van der Waals surface area contributed by atoms with Gasteiger partial charge in [-0.1, -0.05) is 44.2 Å². The minimum Gasteiger partial charge on any atom is -0.298 e. The van der Waals surface area contributed by atoms with Gasteiger partial charge in [0.05, 0.1) is 0 Å². The van der Waals surface area contributed by atoms with Crippen LogP contribution in [-0.2, 0) is 6.54 Å². The van der Waals surface area contributed by atoms with E-state index in [9.17, 15) is 0 Å². The van der Waals surface area contributed by atoms with Crippen LogP contribution in [0.15, 0.2) is 30.3 Å². The van der Waals surface area contributed by atoms with Crippen LogP contribution in [0.1, 0.15) is 19.4 Å². The first-order valence-electron chi connectivity index (χ1n) is 5.94. The third kappa shape index (κ3) is 1.50. The summed E-state index contributed by atoms with van der Waals surface area (Å²) in [6.07, 6.45) is 0. The monoisotopic (exact) mass is 201 g/mol. The van der Waals surface area contributed by atoms with Gasteiger partial charge in [-0.3, -0.25) is 4.90 Å². The highest BCUT2D eigenvalue weighted by atomic mass is 15.2. The lowest BCUT2D eigenvalue weighted by atomic mass is 10.1. The molecule has 1 heterocycles. The van der Waals surface area contributed by atoms with Gasteiger partial charge in [0.25, 0.3) is 0 Å². The highest BCUT2D eigenvalue weighted by Crippen LogP contribution is 2.62. The summed E-state index contributed by atoms with van der Waals surface area (Å²) in [7, 11) is 0. The van der Waals surface area contributed by atoms with E-state index >= 15 is 0 Å². The summed E-state index contributed by atoms with van der Waals surface area (Å²) in [4.78, 5) is 2.61. The van der Waals surface area contributed by atoms with E-state index < -0.39 is 0 Å². The second-order valence-electron chi connectivity index (χ2n) is 5.71. The fourth-order valence-electron chi connectivity index (χ4n) is 3.18. The maximum atomic E-state index is 2.61. The number of benzene rings is 1. The van der Waals surface area contributed by atoms with Gasteiger partial charge in [0.15, 0.2) is 0 Å². The van der Waals surface area contributed by atoms with Crippen LogP contribution in [0.3, 0.4) is 0 Å². The molecule has 1 aromatic rings. The van der Waals surface area contributed by atoms with E-state index in [1.807, 2.05) is 0 Å². The number of hydrogen-bond donors (Lipinski definition) is 0. The highest BCUT2D eigenvalue weighted by Gasteiger charge is 2.61. The molecule has 1 aliphatic carbocycles. The maximum absolute atomic E-state index is 2.61. The van der Waals surface area contributed by atoms with Crippen LogP contribution in [0, 0.1) is 17.3 Å². The predicted octanol–water partition coefficient (Wildman–Crippen LogP) is 2.77. The smallest absolute Gasteiger partial charge is 0.0233 e. The molecule has 2 atom stereocenters. The summed E-state index contributed by atoms with van der Waals surface area (Å²) in [5.74, 6) is 1.95. The van der Waals surface area contributed by atoms with Gasteiger partial charge in [-0.25, -0.2) is 0 Å². The third-order valence-corrected chi connectivity index (χ3v) is 4.45. The molecule has 80 valence electrons. The van der Waals surface area contributed by atoms with Gasteiger partial charge in [0.2, 0.25) is 0 Å². The lowest BCUT2D eigenvalue weighted by molar-refractivity contribution is 0.251. The quantitative estimate of drug-likeness (QED) is 0.711. The zero-order valence-electron chi connectivity index (χ0n) is 9.61.